The molecule has 0 rings (SSSR count). The van der Waals surface area contributed by atoms with E-state index in [1.165, 1.54) is 0 Å². The number of carbonyl (C=O) groups is 1. The van der Waals surface area contributed by atoms with Crippen LogP contribution in [0, 0.1) is 0 Å². The zero-order chi connectivity index (χ0) is 9.78. The van der Waals surface area contributed by atoms with Gasteiger partial charge < -0.3 is 11.1 Å². The van der Waals surface area contributed by atoms with Gasteiger partial charge in [0.15, 0.2) is 0 Å². The van der Waals surface area contributed by atoms with Crippen LogP contribution in [0.4, 0.5) is 0 Å². The van der Waals surface area contributed by atoms with Gasteiger partial charge in [0.05, 0.1) is 0 Å². The lowest BCUT2D eigenvalue weighted by Gasteiger charge is -2.19. The van der Waals surface area contributed by atoms with E-state index in [2.05, 4.69) is 5.32 Å². The van der Waals surface area contributed by atoms with Crippen molar-refractivity contribution in [3.8, 4) is 0 Å². The van der Waals surface area contributed by atoms with Crippen LogP contribution >= 0.6 is 0 Å². The van der Waals surface area contributed by atoms with Crippen LogP contribution in [-0.4, -0.2) is 17.5 Å². The van der Waals surface area contributed by atoms with Crippen LogP contribution in [0.25, 0.3) is 0 Å². The van der Waals surface area contributed by atoms with E-state index in [0.717, 1.165) is 6.42 Å². The van der Waals surface area contributed by atoms with Crippen LogP contribution < -0.4 is 11.1 Å². The zero-order valence-corrected chi connectivity index (χ0v) is 8.48. The van der Waals surface area contributed by atoms with Crippen molar-refractivity contribution in [3.05, 3.63) is 0 Å². The Kier molecular flexibility index (Phi) is 4.24. The predicted octanol–water partition coefficient (Wildman–Crippen LogP) is 1.03. The second-order valence-electron chi connectivity index (χ2n) is 4.04. The van der Waals surface area contributed by atoms with Crippen molar-refractivity contribution in [1.82, 2.24) is 5.32 Å². The van der Waals surface area contributed by atoms with E-state index in [1.54, 1.807) is 0 Å². The lowest BCUT2D eigenvalue weighted by Crippen LogP contribution is -2.41. The van der Waals surface area contributed by atoms with Crippen LogP contribution in [0.15, 0.2) is 0 Å². The smallest absolute Gasteiger partial charge is 0.222 e. The maximum atomic E-state index is 11.2. The Morgan fingerprint density at radius 3 is 2.42 bits per heavy atom. The Morgan fingerprint density at radius 1 is 1.58 bits per heavy atom. The van der Waals surface area contributed by atoms with Crippen molar-refractivity contribution in [2.45, 2.75) is 52.1 Å². The average Bonchev–Trinajstić information content (AvgIpc) is 1.82. The highest BCUT2D eigenvalue weighted by Crippen LogP contribution is 2.03. The molecule has 1 amide bonds. The first-order valence-electron chi connectivity index (χ1n) is 4.43. The van der Waals surface area contributed by atoms with Gasteiger partial charge in [-0.1, -0.05) is 6.92 Å². The van der Waals surface area contributed by atoms with E-state index in [1.807, 2.05) is 27.7 Å². The first kappa shape index (κ1) is 11.4. The number of nitrogens with one attached hydrogen (secondary N) is 1. The highest BCUT2D eigenvalue weighted by Gasteiger charge is 2.16. The molecular weight excluding hydrogens is 152 g/mol. The molecule has 0 aliphatic carbocycles. The zero-order valence-electron chi connectivity index (χ0n) is 8.48. The van der Waals surface area contributed by atoms with E-state index >= 15 is 0 Å². The SMILES string of the molecule is CCC(C)NC(=O)CC(C)(C)N. The summed E-state index contributed by atoms with van der Waals surface area (Å²) >= 11 is 0. The molecule has 72 valence electrons. The molecule has 3 N–H and O–H groups in total. The standard InChI is InChI=1S/C9H20N2O/c1-5-7(2)11-8(12)6-9(3,4)10/h7H,5-6,10H2,1-4H3,(H,11,12). The Balaban J connectivity index is 3.75. The maximum absolute atomic E-state index is 11.2. The van der Waals surface area contributed by atoms with Gasteiger partial charge in [-0.2, -0.15) is 0 Å². The molecule has 0 spiro atoms. The molecule has 0 heterocycles. The fourth-order valence-corrected chi connectivity index (χ4v) is 0.842. The summed E-state index contributed by atoms with van der Waals surface area (Å²) in [4.78, 5) is 11.2. The fourth-order valence-electron chi connectivity index (χ4n) is 0.842. The van der Waals surface area contributed by atoms with E-state index < -0.39 is 5.54 Å². The molecule has 12 heavy (non-hydrogen) atoms. The lowest BCUT2D eigenvalue weighted by atomic mass is 10.0. The number of amides is 1. The molecule has 0 aliphatic heterocycles. The third-order valence-corrected chi connectivity index (χ3v) is 1.64. The average molecular weight is 172 g/mol. The first-order valence-corrected chi connectivity index (χ1v) is 4.43. The number of hydrogen-bond donors (Lipinski definition) is 2. The molecule has 0 aliphatic rings. The van der Waals surface area contributed by atoms with Crippen molar-refractivity contribution in [3.63, 3.8) is 0 Å². The molecule has 0 aromatic carbocycles. The van der Waals surface area contributed by atoms with Crippen LogP contribution in [0.2, 0.25) is 0 Å². The summed E-state index contributed by atoms with van der Waals surface area (Å²) in [5.41, 5.74) is 5.29. The van der Waals surface area contributed by atoms with Gasteiger partial charge in [-0.15, -0.1) is 0 Å². The number of carbonyl (C=O) groups excluding carboxylic acids is 1. The van der Waals surface area contributed by atoms with Gasteiger partial charge in [0.25, 0.3) is 0 Å². The van der Waals surface area contributed by atoms with Gasteiger partial charge in [-0.25, -0.2) is 0 Å². The maximum Gasteiger partial charge on any atom is 0.222 e. The number of nitrogens with two attached hydrogens (primary N) is 1. The molecule has 0 aromatic rings. The molecule has 1 atom stereocenters. The Morgan fingerprint density at radius 2 is 2.08 bits per heavy atom. The van der Waals surface area contributed by atoms with Crippen molar-refractivity contribution < 1.29 is 4.79 Å². The van der Waals surface area contributed by atoms with E-state index in [0.29, 0.717) is 6.42 Å². The molecule has 3 heteroatoms. The van der Waals surface area contributed by atoms with E-state index in [-0.39, 0.29) is 11.9 Å². The second-order valence-corrected chi connectivity index (χ2v) is 4.04. The van der Waals surface area contributed by atoms with Crippen LogP contribution in [-0.2, 0) is 4.79 Å². The van der Waals surface area contributed by atoms with Crippen LogP contribution in [0.3, 0.4) is 0 Å². The number of hydrogen-bond acceptors (Lipinski definition) is 2. The van der Waals surface area contributed by atoms with E-state index in [4.69, 9.17) is 5.73 Å². The summed E-state index contributed by atoms with van der Waals surface area (Å²) in [6.45, 7) is 7.73. The van der Waals surface area contributed by atoms with Gasteiger partial charge in [0.1, 0.15) is 0 Å². The third-order valence-electron chi connectivity index (χ3n) is 1.64. The van der Waals surface area contributed by atoms with E-state index in [9.17, 15) is 4.79 Å². The summed E-state index contributed by atoms with van der Waals surface area (Å²) in [7, 11) is 0. The van der Waals surface area contributed by atoms with Gasteiger partial charge in [-0.05, 0) is 27.2 Å². The van der Waals surface area contributed by atoms with Crippen LogP contribution in [0.1, 0.15) is 40.5 Å². The van der Waals surface area contributed by atoms with Crippen molar-refractivity contribution in [1.29, 1.82) is 0 Å². The Hall–Kier alpha value is -0.570. The third kappa shape index (κ3) is 6.16. The largest absolute Gasteiger partial charge is 0.354 e. The normalized spacial score (nSPS) is 14.1. The van der Waals surface area contributed by atoms with Crippen molar-refractivity contribution in [2.24, 2.45) is 5.73 Å². The molecule has 0 fully saturated rings. The van der Waals surface area contributed by atoms with Gasteiger partial charge in [-0.3, -0.25) is 4.79 Å². The Labute approximate surface area is 74.7 Å². The molecular formula is C9H20N2O. The first-order chi connectivity index (χ1) is 5.35. The molecule has 0 aromatic heterocycles. The lowest BCUT2D eigenvalue weighted by molar-refractivity contribution is -0.122. The minimum atomic E-state index is -0.405. The van der Waals surface area contributed by atoms with Crippen molar-refractivity contribution >= 4 is 5.91 Å². The molecule has 0 saturated heterocycles. The molecule has 0 saturated carbocycles. The molecule has 0 radical (unpaired) electrons. The second kappa shape index (κ2) is 4.45. The van der Waals surface area contributed by atoms with Crippen LogP contribution in [0.5, 0.6) is 0 Å². The molecule has 1 unspecified atom stereocenters. The monoisotopic (exact) mass is 172 g/mol. The highest BCUT2D eigenvalue weighted by molar-refractivity contribution is 5.77. The molecule has 0 bridgehead atoms. The minimum absolute atomic E-state index is 0.0388. The van der Waals surface area contributed by atoms with Gasteiger partial charge in [0, 0.05) is 18.0 Å². The van der Waals surface area contributed by atoms with Gasteiger partial charge >= 0.3 is 0 Å². The fraction of sp³-hybridized carbons (Fsp3) is 0.889. The summed E-state index contributed by atoms with van der Waals surface area (Å²) in [6.07, 6.45) is 1.34. The summed E-state index contributed by atoms with van der Waals surface area (Å²) in [5, 5.41) is 2.87. The minimum Gasteiger partial charge on any atom is -0.354 e. The molecule has 3 nitrogen and oxygen atoms in total. The Bertz CT molecular complexity index is 149. The number of rotatable bonds is 4. The highest BCUT2D eigenvalue weighted by atomic mass is 16.1. The van der Waals surface area contributed by atoms with Gasteiger partial charge in [0.2, 0.25) is 5.91 Å². The summed E-state index contributed by atoms with van der Waals surface area (Å²) < 4.78 is 0. The summed E-state index contributed by atoms with van der Waals surface area (Å²) in [6, 6.07) is 0.250. The predicted molar refractivity (Wildman–Crippen MR) is 50.8 cm³/mol. The summed E-state index contributed by atoms with van der Waals surface area (Å²) in [5.74, 6) is 0.0388. The van der Waals surface area contributed by atoms with Crippen molar-refractivity contribution in [2.75, 3.05) is 0 Å². The topological polar surface area (TPSA) is 55.1 Å². The quantitative estimate of drug-likeness (QED) is 0.665.